The molecule has 3 rings (SSSR count). The molecule has 2 aliphatic heterocycles. The van der Waals surface area contributed by atoms with Gasteiger partial charge in [0.15, 0.2) is 17.6 Å². The Labute approximate surface area is 161 Å². The quantitative estimate of drug-likeness (QED) is 0.404. The first kappa shape index (κ1) is 19.2. The number of hydrogen-bond donors (Lipinski definition) is 1. The molecule has 6 nitrogen and oxygen atoms in total. The predicted molar refractivity (Wildman–Crippen MR) is 104 cm³/mol. The van der Waals surface area contributed by atoms with Crippen LogP contribution in [0.2, 0.25) is 0 Å². The summed E-state index contributed by atoms with van der Waals surface area (Å²) in [5, 5.41) is 3.45. The second kappa shape index (κ2) is 9.41. The van der Waals surface area contributed by atoms with E-state index in [0.717, 1.165) is 24.5 Å². The normalized spacial score (nSPS) is 19.2. The summed E-state index contributed by atoms with van der Waals surface area (Å²) in [7, 11) is 3.89. The first-order valence-corrected chi connectivity index (χ1v) is 11.2. The number of carbonyl (C=O) groups excluding carboxylic acids is 2. The summed E-state index contributed by atoms with van der Waals surface area (Å²) in [6.45, 7) is 1.76. The zero-order valence-corrected chi connectivity index (χ0v) is 16.3. The molecule has 1 amide bonds. The third-order valence-electron chi connectivity index (χ3n) is 4.20. The van der Waals surface area contributed by atoms with Crippen molar-refractivity contribution in [2.75, 3.05) is 17.9 Å². The van der Waals surface area contributed by atoms with Crippen LogP contribution in [0, 0.1) is 0 Å². The van der Waals surface area contributed by atoms with Gasteiger partial charge in [0.2, 0.25) is 6.79 Å². The molecule has 0 bridgehead atoms. The van der Waals surface area contributed by atoms with E-state index in [2.05, 4.69) is 5.32 Å². The van der Waals surface area contributed by atoms with E-state index in [9.17, 15) is 9.59 Å². The molecule has 0 radical (unpaired) electrons. The fourth-order valence-corrected chi connectivity index (χ4v) is 5.76. The van der Waals surface area contributed by atoms with Crippen LogP contribution in [0.5, 0.6) is 11.5 Å². The number of hydrogen-bond acceptors (Lipinski definition) is 7. The van der Waals surface area contributed by atoms with Crippen LogP contribution in [0.3, 0.4) is 0 Å². The van der Waals surface area contributed by atoms with Crippen LogP contribution in [0.25, 0.3) is 0 Å². The maximum absolute atomic E-state index is 12.2. The van der Waals surface area contributed by atoms with Gasteiger partial charge < -0.3 is 19.5 Å². The molecule has 2 aliphatic rings. The van der Waals surface area contributed by atoms with Gasteiger partial charge >= 0.3 is 5.97 Å². The summed E-state index contributed by atoms with van der Waals surface area (Å²) in [4.78, 5) is 24.1. The molecule has 1 N–H and O–H groups in total. The van der Waals surface area contributed by atoms with E-state index < -0.39 is 6.10 Å². The molecule has 1 aromatic carbocycles. The summed E-state index contributed by atoms with van der Waals surface area (Å²) in [6, 6.07) is 5.14. The van der Waals surface area contributed by atoms with Gasteiger partial charge in [0.05, 0.1) is 0 Å². The van der Waals surface area contributed by atoms with Crippen LogP contribution in [0.15, 0.2) is 18.2 Å². The lowest BCUT2D eigenvalue weighted by molar-refractivity contribution is -0.153. The van der Waals surface area contributed by atoms with E-state index in [0.29, 0.717) is 23.6 Å². The lowest BCUT2D eigenvalue weighted by atomic mass is 10.1. The second-order valence-corrected chi connectivity index (χ2v) is 9.05. The van der Waals surface area contributed by atoms with Crippen LogP contribution in [-0.4, -0.2) is 35.8 Å². The summed E-state index contributed by atoms with van der Waals surface area (Å²) in [5.41, 5.74) is 0.578. The highest BCUT2D eigenvalue weighted by Gasteiger charge is 2.20. The molecule has 2 heterocycles. The molecule has 0 aromatic heterocycles. The van der Waals surface area contributed by atoms with E-state index in [1.165, 1.54) is 12.2 Å². The Morgan fingerprint density at radius 3 is 2.96 bits per heavy atom. The highest BCUT2D eigenvalue weighted by Crippen LogP contribution is 2.40. The van der Waals surface area contributed by atoms with Crippen LogP contribution < -0.4 is 14.8 Å². The van der Waals surface area contributed by atoms with Crippen molar-refractivity contribution in [3.05, 3.63) is 18.2 Å². The van der Waals surface area contributed by atoms with E-state index in [-0.39, 0.29) is 18.7 Å². The summed E-state index contributed by atoms with van der Waals surface area (Å²) < 4.78 is 15.7. The third kappa shape index (κ3) is 5.48. The zero-order chi connectivity index (χ0) is 18.4. The van der Waals surface area contributed by atoms with E-state index in [1.807, 2.05) is 21.6 Å². The summed E-state index contributed by atoms with van der Waals surface area (Å²) in [6.07, 6.45) is 3.74. The van der Waals surface area contributed by atoms with Crippen LogP contribution in [0.4, 0.5) is 5.69 Å². The molecule has 1 saturated heterocycles. The van der Waals surface area contributed by atoms with Crippen LogP contribution in [-0.2, 0) is 14.3 Å². The van der Waals surface area contributed by atoms with Crippen molar-refractivity contribution >= 4 is 39.2 Å². The minimum Gasteiger partial charge on any atom is -0.454 e. The number of amides is 1. The number of ether oxygens (including phenoxy) is 3. The van der Waals surface area contributed by atoms with E-state index in [4.69, 9.17) is 14.2 Å². The van der Waals surface area contributed by atoms with Gasteiger partial charge in [0, 0.05) is 29.2 Å². The average molecular weight is 398 g/mol. The van der Waals surface area contributed by atoms with E-state index >= 15 is 0 Å². The smallest absolute Gasteiger partial charge is 0.306 e. The van der Waals surface area contributed by atoms with Gasteiger partial charge in [0.1, 0.15) is 0 Å². The number of benzene rings is 1. The second-order valence-electron chi connectivity index (χ2n) is 6.26. The molecular weight excluding hydrogens is 374 g/mol. The molecule has 0 aliphatic carbocycles. The monoisotopic (exact) mass is 397 g/mol. The standard InChI is InChI=1S/C18H23NO5S2/c1-12(24-17(20)5-3-2-4-14-8-9-25-26-14)18(21)19-13-6-7-15-16(10-13)23-11-22-15/h6-7,10,12,14H,2-5,8-9,11H2,1H3,(H,19,21)/t12-,14-/m0/s1. The van der Waals surface area contributed by atoms with Crippen molar-refractivity contribution in [3.63, 3.8) is 0 Å². The summed E-state index contributed by atoms with van der Waals surface area (Å²) >= 11 is 0. The zero-order valence-electron chi connectivity index (χ0n) is 14.7. The topological polar surface area (TPSA) is 73.9 Å². The maximum atomic E-state index is 12.2. The highest BCUT2D eigenvalue weighted by molar-refractivity contribution is 8.77. The number of rotatable bonds is 8. The first-order chi connectivity index (χ1) is 12.6. The minimum absolute atomic E-state index is 0.180. The molecule has 142 valence electrons. The summed E-state index contributed by atoms with van der Waals surface area (Å²) in [5.74, 6) is 1.78. The first-order valence-electron chi connectivity index (χ1n) is 8.80. The van der Waals surface area contributed by atoms with Gasteiger partial charge in [-0.05, 0) is 38.3 Å². The van der Waals surface area contributed by atoms with Crippen LogP contribution >= 0.6 is 21.6 Å². The molecular formula is C18H23NO5S2. The average Bonchev–Trinajstić information content (AvgIpc) is 3.29. The number of nitrogens with one attached hydrogen (secondary N) is 1. The van der Waals surface area contributed by atoms with Crippen molar-refractivity contribution in [2.24, 2.45) is 0 Å². The Bertz CT molecular complexity index is 648. The van der Waals surface area contributed by atoms with Crippen molar-refractivity contribution < 1.29 is 23.8 Å². The van der Waals surface area contributed by atoms with Gasteiger partial charge in [-0.25, -0.2) is 0 Å². The van der Waals surface area contributed by atoms with Gasteiger partial charge in [-0.3, -0.25) is 9.59 Å². The van der Waals surface area contributed by atoms with E-state index in [1.54, 1.807) is 25.1 Å². The number of esters is 1. The van der Waals surface area contributed by atoms with Crippen molar-refractivity contribution in [3.8, 4) is 11.5 Å². The highest BCUT2D eigenvalue weighted by atomic mass is 33.1. The molecule has 0 spiro atoms. The fraction of sp³-hybridized carbons (Fsp3) is 0.556. The Hall–Kier alpha value is -1.54. The van der Waals surface area contributed by atoms with Gasteiger partial charge in [-0.2, -0.15) is 0 Å². The van der Waals surface area contributed by atoms with Crippen molar-refractivity contribution in [2.45, 2.75) is 50.4 Å². The molecule has 1 aromatic rings. The van der Waals surface area contributed by atoms with Gasteiger partial charge in [-0.15, -0.1) is 0 Å². The SMILES string of the molecule is C[C@H](OC(=O)CCCC[C@H]1CCSS1)C(=O)Nc1ccc2c(c1)OCO2. The van der Waals surface area contributed by atoms with Crippen molar-refractivity contribution in [1.29, 1.82) is 0 Å². The molecule has 8 heteroatoms. The molecule has 1 fully saturated rings. The Morgan fingerprint density at radius 1 is 1.31 bits per heavy atom. The Kier molecular flexibility index (Phi) is 6.96. The van der Waals surface area contributed by atoms with Gasteiger partial charge in [-0.1, -0.05) is 28.0 Å². The Balaban J connectivity index is 1.35. The molecule has 0 saturated carbocycles. The maximum Gasteiger partial charge on any atom is 0.306 e. The lowest BCUT2D eigenvalue weighted by Gasteiger charge is -2.14. The number of carbonyl (C=O) groups is 2. The number of fused-ring (bicyclic) bond motifs is 1. The third-order valence-corrected chi connectivity index (χ3v) is 7.21. The number of unbranched alkanes of at least 4 members (excludes halogenated alkanes) is 1. The number of anilines is 1. The molecule has 26 heavy (non-hydrogen) atoms. The molecule has 0 unspecified atom stereocenters. The Morgan fingerprint density at radius 2 is 2.15 bits per heavy atom. The fourth-order valence-electron chi connectivity index (χ4n) is 2.73. The van der Waals surface area contributed by atoms with Crippen molar-refractivity contribution in [1.82, 2.24) is 0 Å². The van der Waals surface area contributed by atoms with Gasteiger partial charge in [0.25, 0.3) is 5.91 Å². The minimum atomic E-state index is -0.838. The lowest BCUT2D eigenvalue weighted by Crippen LogP contribution is -2.29. The molecule has 2 atom stereocenters. The predicted octanol–water partition coefficient (Wildman–Crippen LogP) is 4.00. The largest absolute Gasteiger partial charge is 0.454 e. The van der Waals surface area contributed by atoms with Crippen LogP contribution in [0.1, 0.15) is 39.0 Å².